The van der Waals surface area contributed by atoms with Crippen molar-refractivity contribution in [1.82, 2.24) is 9.88 Å². The maximum atomic E-state index is 12.7. The number of nitrogens with zero attached hydrogens (tertiary/aromatic N) is 1. The Balaban J connectivity index is 1.79. The molecule has 2 aliphatic rings. The Morgan fingerprint density at radius 1 is 1.42 bits per heavy atom. The third-order valence-corrected chi connectivity index (χ3v) is 6.29. The van der Waals surface area contributed by atoms with Crippen LogP contribution in [0.15, 0.2) is 24.3 Å². The summed E-state index contributed by atoms with van der Waals surface area (Å²) in [6.45, 7) is 4.62. The molecule has 1 saturated heterocycles. The largest absolute Gasteiger partial charge is 0.469 e. The van der Waals surface area contributed by atoms with Crippen LogP contribution in [0.5, 0.6) is 0 Å². The van der Waals surface area contributed by atoms with Gasteiger partial charge in [-0.3, -0.25) is 9.69 Å². The molecule has 3 heterocycles. The highest BCUT2D eigenvalue weighted by atomic mass is 16.5. The van der Waals surface area contributed by atoms with Crippen molar-refractivity contribution in [3.63, 3.8) is 0 Å². The summed E-state index contributed by atoms with van der Waals surface area (Å²) in [5.41, 5.74) is 2.66. The standard InChI is InChI=1S/C21H28N2O3/c1-3-21(25)11-14-10-17(20(24)26-2)19-16(8-9-23(12-14)13-21)15-6-4-5-7-18(15)22-19/h4-7,14,17,22,25H,3,8-13H2,1-2H3/t14-,17+,21-/m1/s1. The zero-order valence-corrected chi connectivity index (χ0v) is 15.6. The Bertz CT molecular complexity index is 815. The second kappa shape index (κ2) is 6.71. The quantitative estimate of drug-likeness (QED) is 0.812. The summed E-state index contributed by atoms with van der Waals surface area (Å²) in [5.74, 6) is -0.196. The zero-order valence-electron chi connectivity index (χ0n) is 15.6. The lowest BCUT2D eigenvalue weighted by molar-refractivity contribution is -0.143. The molecule has 4 atom stereocenters. The average Bonchev–Trinajstić information content (AvgIpc) is 3.02. The number of aromatic nitrogens is 1. The molecule has 5 nitrogen and oxygen atoms in total. The van der Waals surface area contributed by atoms with Gasteiger partial charge in [-0.25, -0.2) is 0 Å². The van der Waals surface area contributed by atoms with Crippen molar-refractivity contribution in [2.45, 2.75) is 44.1 Å². The van der Waals surface area contributed by atoms with Crippen molar-refractivity contribution >= 4 is 16.9 Å². The molecule has 5 heteroatoms. The number of methoxy groups -OCH3 is 1. The van der Waals surface area contributed by atoms with E-state index in [4.69, 9.17) is 4.74 Å². The molecule has 0 radical (unpaired) electrons. The van der Waals surface area contributed by atoms with E-state index >= 15 is 0 Å². The highest BCUT2D eigenvalue weighted by molar-refractivity contribution is 5.88. The first kappa shape index (κ1) is 17.6. The Labute approximate surface area is 154 Å². The number of benzene rings is 1. The summed E-state index contributed by atoms with van der Waals surface area (Å²) in [4.78, 5) is 18.5. The van der Waals surface area contributed by atoms with Gasteiger partial charge >= 0.3 is 5.97 Å². The van der Waals surface area contributed by atoms with E-state index in [1.165, 1.54) is 18.1 Å². The van der Waals surface area contributed by atoms with Crippen LogP contribution in [0.1, 0.15) is 43.4 Å². The fourth-order valence-corrected chi connectivity index (χ4v) is 4.96. The molecule has 0 saturated carbocycles. The number of fused-ring (bicyclic) bond motifs is 5. The van der Waals surface area contributed by atoms with Gasteiger partial charge in [0.1, 0.15) is 0 Å². The molecule has 2 N–H and O–H groups in total. The fraction of sp³-hybridized carbons (Fsp3) is 0.571. The highest BCUT2D eigenvalue weighted by Gasteiger charge is 2.40. The molecule has 2 bridgehead atoms. The van der Waals surface area contributed by atoms with Gasteiger partial charge in [0, 0.05) is 36.2 Å². The number of aromatic amines is 1. The van der Waals surface area contributed by atoms with E-state index < -0.39 is 5.60 Å². The summed E-state index contributed by atoms with van der Waals surface area (Å²) in [5, 5.41) is 12.1. The minimum absolute atomic E-state index is 0.183. The first-order valence-electron chi connectivity index (χ1n) is 9.65. The normalized spacial score (nSPS) is 31.6. The van der Waals surface area contributed by atoms with Gasteiger partial charge in [-0.15, -0.1) is 0 Å². The SMILES string of the molecule is CC[C@@]1(O)C[C@H]2C[C@H](C(=O)OC)c3[nH]c4ccccc4c3CCN(C2)C1. The summed E-state index contributed by atoms with van der Waals surface area (Å²) in [6.07, 6.45) is 3.09. The zero-order chi connectivity index (χ0) is 18.3. The average molecular weight is 356 g/mol. The summed E-state index contributed by atoms with van der Waals surface area (Å²) in [7, 11) is 1.47. The number of rotatable bonds is 2. The maximum absolute atomic E-state index is 12.7. The van der Waals surface area contributed by atoms with E-state index in [2.05, 4.69) is 22.0 Å². The van der Waals surface area contributed by atoms with Crippen LogP contribution in [0.2, 0.25) is 0 Å². The molecule has 1 unspecified atom stereocenters. The third kappa shape index (κ3) is 3.03. The lowest BCUT2D eigenvalue weighted by Crippen LogP contribution is -2.51. The first-order chi connectivity index (χ1) is 12.5. The fourth-order valence-electron chi connectivity index (χ4n) is 4.96. The minimum Gasteiger partial charge on any atom is -0.469 e. The third-order valence-electron chi connectivity index (χ3n) is 6.29. The van der Waals surface area contributed by atoms with E-state index in [-0.39, 0.29) is 17.8 Å². The predicted molar refractivity (Wildman–Crippen MR) is 101 cm³/mol. The van der Waals surface area contributed by atoms with Gasteiger partial charge in [0.25, 0.3) is 0 Å². The van der Waals surface area contributed by atoms with Crippen LogP contribution >= 0.6 is 0 Å². The molecule has 0 spiro atoms. The van der Waals surface area contributed by atoms with Crippen LogP contribution in [0, 0.1) is 5.92 Å². The number of carbonyl (C=O) groups excluding carboxylic acids is 1. The number of esters is 1. The van der Waals surface area contributed by atoms with Crippen molar-refractivity contribution in [2.75, 3.05) is 26.7 Å². The molecule has 1 aromatic carbocycles. The lowest BCUT2D eigenvalue weighted by atomic mass is 9.79. The summed E-state index contributed by atoms with van der Waals surface area (Å²) in [6, 6.07) is 8.26. The second-order valence-electron chi connectivity index (χ2n) is 8.01. The minimum atomic E-state index is -0.649. The van der Waals surface area contributed by atoms with Crippen molar-refractivity contribution < 1.29 is 14.6 Å². The van der Waals surface area contributed by atoms with Gasteiger partial charge in [-0.05, 0) is 43.2 Å². The number of nitrogens with one attached hydrogen (secondary N) is 1. The molecule has 1 fully saturated rings. The molecule has 2 aliphatic heterocycles. The molecule has 0 aliphatic carbocycles. The maximum Gasteiger partial charge on any atom is 0.314 e. The van der Waals surface area contributed by atoms with E-state index in [1.807, 2.05) is 19.1 Å². The Kier molecular flexibility index (Phi) is 4.53. The van der Waals surface area contributed by atoms with Crippen LogP contribution in [0.25, 0.3) is 10.9 Å². The van der Waals surface area contributed by atoms with Gasteiger partial charge in [0.2, 0.25) is 0 Å². The molecule has 4 rings (SSSR count). The molecule has 1 aromatic heterocycles. The van der Waals surface area contributed by atoms with Crippen LogP contribution < -0.4 is 0 Å². The van der Waals surface area contributed by atoms with Gasteiger partial charge in [0.05, 0.1) is 18.6 Å². The molecule has 2 aromatic rings. The number of H-pyrrole nitrogens is 1. The van der Waals surface area contributed by atoms with E-state index in [0.717, 1.165) is 50.1 Å². The molecular formula is C21H28N2O3. The number of hydrogen-bond acceptors (Lipinski definition) is 4. The number of piperidine rings is 1. The molecule has 0 amide bonds. The smallest absolute Gasteiger partial charge is 0.314 e. The Hall–Kier alpha value is -1.85. The van der Waals surface area contributed by atoms with Gasteiger partial charge in [-0.1, -0.05) is 25.1 Å². The van der Waals surface area contributed by atoms with Crippen molar-refractivity contribution in [3.05, 3.63) is 35.5 Å². The van der Waals surface area contributed by atoms with E-state index in [9.17, 15) is 9.90 Å². The topological polar surface area (TPSA) is 65.6 Å². The van der Waals surface area contributed by atoms with Crippen molar-refractivity contribution in [2.24, 2.45) is 5.92 Å². The number of aliphatic hydroxyl groups is 1. The summed E-state index contributed by atoms with van der Waals surface area (Å²) >= 11 is 0. The van der Waals surface area contributed by atoms with Crippen LogP contribution in [-0.4, -0.2) is 53.3 Å². The number of carbonyl (C=O) groups is 1. The molecular weight excluding hydrogens is 328 g/mol. The Morgan fingerprint density at radius 2 is 2.23 bits per heavy atom. The number of para-hydroxylation sites is 1. The van der Waals surface area contributed by atoms with Crippen LogP contribution in [0.4, 0.5) is 0 Å². The Morgan fingerprint density at radius 3 is 3.00 bits per heavy atom. The van der Waals surface area contributed by atoms with E-state index in [0.29, 0.717) is 6.42 Å². The first-order valence-corrected chi connectivity index (χ1v) is 9.65. The van der Waals surface area contributed by atoms with Gasteiger partial charge in [0.15, 0.2) is 0 Å². The number of hydrogen-bond donors (Lipinski definition) is 2. The molecule has 26 heavy (non-hydrogen) atoms. The van der Waals surface area contributed by atoms with Gasteiger partial charge in [-0.2, -0.15) is 0 Å². The summed E-state index contributed by atoms with van der Waals surface area (Å²) < 4.78 is 5.16. The highest BCUT2D eigenvalue weighted by Crippen LogP contribution is 2.39. The van der Waals surface area contributed by atoms with Crippen molar-refractivity contribution in [1.29, 1.82) is 0 Å². The van der Waals surface area contributed by atoms with E-state index in [1.54, 1.807) is 0 Å². The monoisotopic (exact) mass is 356 g/mol. The van der Waals surface area contributed by atoms with Crippen LogP contribution in [0.3, 0.4) is 0 Å². The molecule has 140 valence electrons. The van der Waals surface area contributed by atoms with Crippen molar-refractivity contribution in [3.8, 4) is 0 Å². The lowest BCUT2D eigenvalue weighted by Gasteiger charge is -2.43. The number of ether oxygens (including phenoxy) is 1. The second-order valence-corrected chi connectivity index (χ2v) is 8.01. The predicted octanol–water partition coefficient (Wildman–Crippen LogP) is 2.83. The van der Waals surface area contributed by atoms with Crippen LogP contribution in [-0.2, 0) is 16.0 Å². The van der Waals surface area contributed by atoms with Gasteiger partial charge < -0.3 is 14.8 Å².